The average molecular weight is 266 g/mol. The Labute approximate surface area is 101 Å². The molecule has 2 fully saturated rings. The van der Waals surface area contributed by atoms with E-state index in [1.807, 2.05) is 0 Å². The van der Waals surface area contributed by atoms with Gasteiger partial charge >= 0.3 is 6.16 Å². The van der Waals surface area contributed by atoms with Gasteiger partial charge in [0.2, 0.25) is 12.6 Å². The summed E-state index contributed by atoms with van der Waals surface area (Å²) in [5, 5.41) is 36.9. The normalized spacial score (nSPS) is 44.0. The average Bonchev–Trinajstić information content (AvgIpc) is 2.80. The fraction of sp³-hybridized carbons (Fsp3) is 0.889. The molecule has 0 aliphatic carbocycles. The molecule has 0 spiro atoms. The third-order valence-electron chi connectivity index (χ3n) is 2.63. The van der Waals surface area contributed by atoms with E-state index in [2.05, 4.69) is 9.47 Å². The fourth-order valence-corrected chi connectivity index (χ4v) is 1.57. The number of carbonyl (C=O) groups is 1. The lowest BCUT2D eigenvalue weighted by atomic mass is 10.2. The number of ether oxygens (including phenoxy) is 4. The molecule has 4 N–H and O–H groups in total. The number of hydrogen-bond donors (Lipinski definition) is 4. The van der Waals surface area contributed by atoms with Gasteiger partial charge in [0, 0.05) is 0 Å². The largest absolute Gasteiger partial charge is 0.513 e. The quantitative estimate of drug-likeness (QED) is 0.393. The van der Waals surface area contributed by atoms with Crippen molar-refractivity contribution in [2.45, 2.75) is 37.0 Å². The summed E-state index contributed by atoms with van der Waals surface area (Å²) in [4.78, 5) is 11.3. The molecule has 2 unspecified atom stereocenters. The van der Waals surface area contributed by atoms with Crippen LogP contribution < -0.4 is 0 Å². The second kappa shape index (κ2) is 5.34. The van der Waals surface area contributed by atoms with Gasteiger partial charge in [-0.3, -0.25) is 0 Å². The molecule has 18 heavy (non-hydrogen) atoms. The Morgan fingerprint density at radius 3 is 1.56 bits per heavy atom. The first-order chi connectivity index (χ1) is 8.49. The summed E-state index contributed by atoms with van der Waals surface area (Å²) in [6, 6.07) is 0. The fourth-order valence-electron chi connectivity index (χ4n) is 1.57. The molecule has 2 rings (SSSR count). The molecular formula is C9H14O9. The Kier molecular flexibility index (Phi) is 4.00. The van der Waals surface area contributed by atoms with Crippen LogP contribution in [0.15, 0.2) is 0 Å². The maximum atomic E-state index is 11.3. The van der Waals surface area contributed by atoms with Gasteiger partial charge in [0.15, 0.2) is 0 Å². The lowest BCUT2D eigenvalue weighted by molar-refractivity contribution is -0.172. The van der Waals surface area contributed by atoms with Crippen LogP contribution >= 0.6 is 0 Å². The smallest absolute Gasteiger partial charge is 0.401 e. The zero-order valence-corrected chi connectivity index (χ0v) is 9.21. The van der Waals surface area contributed by atoms with Crippen molar-refractivity contribution >= 4 is 6.16 Å². The third-order valence-corrected chi connectivity index (χ3v) is 2.63. The van der Waals surface area contributed by atoms with Gasteiger partial charge in [-0.2, -0.15) is 0 Å². The van der Waals surface area contributed by atoms with E-state index >= 15 is 0 Å². The van der Waals surface area contributed by atoms with Crippen LogP contribution in [0.25, 0.3) is 0 Å². The first-order valence-corrected chi connectivity index (χ1v) is 5.32. The second-order valence-electron chi connectivity index (χ2n) is 4.01. The van der Waals surface area contributed by atoms with Crippen molar-refractivity contribution in [3.8, 4) is 0 Å². The molecule has 2 saturated heterocycles. The highest BCUT2D eigenvalue weighted by Crippen LogP contribution is 2.19. The first-order valence-electron chi connectivity index (χ1n) is 5.32. The summed E-state index contributed by atoms with van der Waals surface area (Å²) in [5.41, 5.74) is 0. The standard InChI is InChI=1S/C9H14O9/c10-3-1-15-7(5(3)12)17-9(14)18-8-6(13)4(11)2-16-8/h3-8,10-13H,1-2H2/t3-,4-,5-,6-,7?,8?/m0/s1. The van der Waals surface area contributed by atoms with Gasteiger partial charge in [0.25, 0.3) is 0 Å². The van der Waals surface area contributed by atoms with Gasteiger partial charge in [-0.1, -0.05) is 0 Å². The van der Waals surface area contributed by atoms with Gasteiger partial charge in [0.1, 0.15) is 24.4 Å². The Bertz CT molecular complexity index is 280. The van der Waals surface area contributed by atoms with E-state index in [1.165, 1.54) is 0 Å². The minimum atomic E-state index is -1.36. The van der Waals surface area contributed by atoms with Crippen LogP contribution in [0.5, 0.6) is 0 Å². The second-order valence-corrected chi connectivity index (χ2v) is 4.01. The number of carbonyl (C=O) groups excluding carboxylic acids is 1. The van der Waals surface area contributed by atoms with Crippen LogP contribution in [-0.4, -0.2) is 76.8 Å². The highest BCUT2D eigenvalue weighted by atomic mass is 16.8. The SMILES string of the molecule is O=C(OC1OC[C@H](O)[C@@H]1O)OC1OC[C@H](O)[C@@H]1O. The van der Waals surface area contributed by atoms with Crippen LogP contribution in [0.4, 0.5) is 4.79 Å². The molecule has 6 atom stereocenters. The molecule has 0 radical (unpaired) electrons. The van der Waals surface area contributed by atoms with Crippen LogP contribution in [-0.2, 0) is 18.9 Å². The summed E-state index contributed by atoms with van der Waals surface area (Å²) in [6.07, 6.45) is -8.93. The predicted molar refractivity (Wildman–Crippen MR) is 51.1 cm³/mol. The van der Waals surface area contributed by atoms with E-state index in [-0.39, 0.29) is 13.2 Å². The van der Waals surface area contributed by atoms with Gasteiger partial charge in [-0.25, -0.2) is 4.79 Å². The monoisotopic (exact) mass is 266 g/mol. The molecule has 9 heteroatoms. The van der Waals surface area contributed by atoms with Gasteiger partial charge < -0.3 is 39.4 Å². The summed E-state index contributed by atoms with van der Waals surface area (Å²) >= 11 is 0. The van der Waals surface area contributed by atoms with Crippen molar-refractivity contribution < 1.29 is 44.2 Å². The number of hydrogen-bond acceptors (Lipinski definition) is 9. The first kappa shape index (κ1) is 13.5. The van der Waals surface area contributed by atoms with Crippen LogP contribution in [0.3, 0.4) is 0 Å². The highest BCUT2D eigenvalue weighted by Gasteiger charge is 2.41. The van der Waals surface area contributed by atoms with Crippen molar-refractivity contribution in [2.75, 3.05) is 13.2 Å². The molecule has 2 aliphatic rings. The minimum Gasteiger partial charge on any atom is -0.401 e. The molecule has 104 valence electrons. The van der Waals surface area contributed by atoms with Crippen LogP contribution in [0.2, 0.25) is 0 Å². The van der Waals surface area contributed by atoms with Crippen molar-refractivity contribution in [2.24, 2.45) is 0 Å². The Morgan fingerprint density at radius 2 is 1.28 bits per heavy atom. The van der Waals surface area contributed by atoms with Gasteiger partial charge in [0.05, 0.1) is 13.2 Å². The van der Waals surface area contributed by atoms with Gasteiger partial charge in [-0.05, 0) is 0 Å². The van der Waals surface area contributed by atoms with Crippen molar-refractivity contribution in [3.63, 3.8) is 0 Å². The summed E-state index contributed by atoms with van der Waals surface area (Å²) < 4.78 is 18.7. The summed E-state index contributed by atoms with van der Waals surface area (Å²) in [5.74, 6) is 0. The maximum absolute atomic E-state index is 11.3. The van der Waals surface area contributed by atoms with Gasteiger partial charge in [-0.15, -0.1) is 0 Å². The number of rotatable bonds is 2. The van der Waals surface area contributed by atoms with E-state index in [9.17, 15) is 15.0 Å². The minimum absolute atomic E-state index is 0.166. The summed E-state index contributed by atoms with van der Waals surface area (Å²) in [7, 11) is 0. The van der Waals surface area contributed by atoms with Crippen molar-refractivity contribution in [3.05, 3.63) is 0 Å². The summed E-state index contributed by atoms with van der Waals surface area (Å²) in [6.45, 7) is -0.333. The molecular weight excluding hydrogens is 252 g/mol. The lowest BCUT2D eigenvalue weighted by Gasteiger charge is -2.18. The Balaban J connectivity index is 1.79. The molecule has 0 bridgehead atoms. The van der Waals surface area contributed by atoms with Crippen LogP contribution in [0.1, 0.15) is 0 Å². The number of aliphatic hydroxyl groups is 4. The molecule has 0 saturated carbocycles. The highest BCUT2D eigenvalue weighted by molar-refractivity contribution is 5.60. The molecule has 2 aliphatic heterocycles. The zero-order chi connectivity index (χ0) is 13.3. The Hall–Kier alpha value is -0.970. The van der Waals surface area contributed by atoms with Crippen molar-refractivity contribution in [1.29, 1.82) is 0 Å². The van der Waals surface area contributed by atoms with Crippen molar-refractivity contribution in [1.82, 2.24) is 0 Å². The Morgan fingerprint density at radius 1 is 0.889 bits per heavy atom. The molecule has 0 amide bonds. The lowest BCUT2D eigenvalue weighted by Crippen LogP contribution is -2.37. The van der Waals surface area contributed by atoms with E-state index in [1.54, 1.807) is 0 Å². The van der Waals surface area contributed by atoms with E-state index in [4.69, 9.17) is 19.7 Å². The maximum Gasteiger partial charge on any atom is 0.513 e. The number of aliphatic hydroxyl groups excluding tert-OH is 4. The molecule has 0 aromatic heterocycles. The molecule has 0 aromatic carbocycles. The molecule has 2 heterocycles. The van der Waals surface area contributed by atoms with Crippen LogP contribution in [0, 0.1) is 0 Å². The molecule has 9 nitrogen and oxygen atoms in total. The van der Waals surface area contributed by atoms with E-state index < -0.39 is 43.2 Å². The molecule has 0 aromatic rings. The topological polar surface area (TPSA) is 135 Å². The zero-order valence-electron chi connectivity index (χ0n) is 9.21. The van der Waals surface area contributed by atoms with E-state index in [0.29, 0.717) is 0 Å². The van der Waals surface area contributed by atoms with E-state index in [0.717, 1.165) is 0 Å². The predicted octanol–water partition coefficient (Wildman–Crippen LogP) is -2.70. The third kappa shape index (κ3) is 2.71.